The lowest BCUT2D eigenvalue weighted by atomic mass is 10.0. The summed E-state index contributed by atoms with van der Waals surface area (Å²) in [5.74, 6) is 0.385. The highest BCUT2D eigenvalue weighted by Gasteiger charge is 2.28. The molecule has 1 aliphatic heterocycles. The van der Waals surface area contributed by atoms with Gasteiger partial charge in [0.1, 0.15) is 0 Å². The number of morpholine rings is 1. The molecule has 0 bridgehead atoms. The maximum Gasteiger partial charge on any atom is 0.237 e. The monoisotopic (exact) mass is 352 g/mol. The Bertz CT molecular complexity index is 690. The van der Waals surface area contributed by atoms with Crippen molar-refractivity contribution in [3.05, 3.63) is 71.8 Å². The first kappa shape index (κ1) is 18.6. The van der Waals surface area contributed by atoms with Gasteiger partial charge >= 0.3 is 0 Å². The van der Waals surface area contributed by atoms with E-state index >= 15 is 0 Å². The van der Waals surface area contributed by atoms with Gasteiger partial charge in [-0.25, -0.2) is 0 Å². The highest BCUT2D eigenvalue weighted by Crippen LogP contribution is 2.23. The number of nitrogens with zero attached hydrogens (tertiary/aromatic N) is 1. The average molecular weight is 352 g/mol. The first-order valence-electron chi connectivity index (χ1n) is 9.38. The summed E-state index contributed by atoms with van der Waals surface area (Å²) in [7, 11) is 0. The Morgan fingerprint density at radius 3 is 2.46 bits per heavy atom. The molecule has 1 aliphatic rings. The smallest absolute Gasteiger partial charge is 0.237 e. The minimum atomic E-state index is -0.159. The summed E-state index contributed by atoms with van der Waals surface area (Å²) in [5, 5.41) is 3.11. The molecular weight excluding hydrogens is 324 g/mol. The summed E-state index contributed by atoms with van der Waals surface area (Å²) in [4.78, 5) is 14.8. The summed E-state index contributed by atoms with van der Waals surface area (Å²) in [6, 6.07) is 20.4. The van der Waals surface area contributed by atoms with Crippen molar-refractivity contribution in [2.75, 3.05) is 26.2 Å². The fourth-order valence-electron chi connectivity index (χ4n) is 3.36. The Hall–Kier alpha value is -2.17. The normalized spacial score (nSPS) is 20.3. The van der Waals surface area contributed by atoms with Crippen LogP contribution in [0.1, 0.15) is 37.0 Å². The second-order valence-electron chi connectivity index (χ2n) is 7.00. The molecule has 1 saturated heterocycles. The Kier molecular flexibility index (Phi) is 6.42. The molecule has 2 aromatic rings. The van der Waals surface area contributed by atoms with Gasteiger partial charge in [-0.2, -0.15) is 0 Å². The van der Waals surface area contributed by atoms with Crippen molar-refractivity contribution in [2.24, 2.45) is 0 Å². The summed E-state index contributed by atoms with van der Waals surface area (Å²) in [5.41, 5.74) is 2.42. The Labute approximate surface area is 156 Å². The molecule has 2 aromatic carbocycles. The number of ether oxygens (including phenoxy) is 1. The van der Waals surface area contributed by atoms with Gasteiger partial charge in [0.25, 0.3) is 0 Å². The first-order valence-corrected chi connectivity index (χ1v) is 9.38. The number of carbonyl (C=O) groups excluding carboxylic acids is 1. The van der Waals surface area contributed by atoms with E-state index in [1.54, 1.807) is 0 Å². The third-order valence-electron chi connectivity index (χ3n) is 5.15. The maximum atomic E-state index is 12.6. The van der Waals surface area contributed by atoms with Gasteiger partial charge in [0.05, 0.1) is 18.8 Å². The van der Waals surface area contributed by atoms with Crippen LogP contribution >= 0.6 is 0 Å². The molecule has 0 saturated carbocycles. The van der Waals surface area contributed by atoms with E-state index < -0.39 is 0 Å². The van der Waals surface area contributed by atoms with Gasteiger partial charge in [0.15, 0.2) is 0 Å². The Balaban J connectivity index is 1.53. The van der Waals surface area contributed by atoms with Crippen molar-refractivity contribution in [2.45, 2.75) is 31.9 Å². The van der Waals surface area contributed by atoms with Crippen LogP contribution in [0.5, 0.6) is 0 Å². The first-order chi connectivity index (χ1) is 12.6. The van der Waals surface area contributed by atoms with Crippen molar-refractivity contribution < 1.29 is 9.53 Å². The van der Waals surface area contributed by atoms with Crippen LogP contribution in [0.2, 0.25) is 0 Å². The van der Waals surface area contributed by atoms with Crippen LogP contribution in [0.25, 0.3) is 0 Å². The molecule has 1 amide bonds. The summed E-state index contributed by atoms with van der Waals surface area (Å²) < 4.78 is 5.91. The SMILES string of the molecule is CC(CNC(=O)C(C)N1CCOC(c2ccccc2)C1)c1ccccc1. The average Bonchev–Trinajstić information content (AvgIpc) is 2.72. The van der Waals surface area contributed by atoms with Crippen molar-refractivity contribution in [3.8, 4) is 0 Å². The fourth-order valence-corrected chi connectivity index (χ4v) is 3.36. The minimum absolute atomic E-state index is 0.0310. The third-order valence-corrected chi connectivity index (χ3v) is 5.15. The predicted molar refractivity (Wildman–Crippen MR) is 104 cm³/mol. The van der Waals surface area contributed by atoms with Gasteiger partial charge in [-0.3, -0.25) is 9.69 Å². The molecule has 4 heteroatoms. The van der Waals surface area contributed by atoms with E-state index in [4.69, 9.17) is 4.74 Å². The number of benzene rings is 2. The number of carbonyl (C=O) groups is 1. The van der Waals surface area contributed by atoms with E-state index in [1.165, 1.54) is 11.1 Å². The number of hydrogen-bond donors (Lipinski definition) is 1. The van der Waals surface area contributed by atoms with Crippen LogP contribution < -0.4 is 5.32 Å². The Morgan fingerprint density at radius 2 is 1.77 bits per heavy atom. The molecule has 1 N–H and O–H groups in total. The fraction of sp³-hybridized carbons (Fsp3) is 0.409. The second kappa shape index (κ2) is 8.97. The van der Waals surface area contributed by atoms with E-state index in [0.717, 1.165) is 13.1 Å². The van der Waals surface area contributed by atoms with E-state index in [-0.39, 0.29) is 18.1 Å². The van der Waals surface area contributed by atoms with Crippen LogP contribution in [0.15, 0.2) is 60.7 Å². The molecule has 3 unspecified atom stereocenters. The highest BCUT2D eigenvalue weighted by atomic mass is 16.5. The van der Waals surface area contributed by atoms with Crippen molar-refractivity contribution in [1.82, 2.24) is 10.2 Å². The number of nitrogens with one attached hydrogen (secondary N) is 1. The third kappa shape index (κ3) is 4.71. The molecule has 4 nitrogen and oxygen atoms in total. The van der Waals surface area contributed by atoms with Crippen LogP contribution in [0.3, 0.4) is 0 Å². The molecule has 0 aliphatic carbocycles. The van der Waals surface area contributed by atoms with E-state index in [2.05, 4.69) is 41.4 Å². The van der Waals surface area contributed by atoms with E-state index in [1.807, 2.05) is 43.3 Å². The van der Waals surface area contributed by atoms with Gasteiger partial charge < -0.3 is 10.1 Å². The van der Waals surface area contributed by atoms with Crippen LogP contribution in [-0.2, 0) is 9.53 Å². The Morgan fingerprint density at radius 1 is 1.12 bits per heavy atom. The summed E-state index contributed by atoms with van der Waals surface area (Å²) in [6.45, 7) is 6.95. The summed E-state index contributed by atoms with van der Waals surface area (Å²) >= 11 is 0. The largest absolute Gasteiger partial charge is 0.371 e. The number of hydrogen-bond acceptors (Lipinski definition) is 3. The molecule has 138 valence electrons. The molecule has 3 atom stereocenters. The number of rotatable bonds is 6. The van der Waals surface area contributed by atoms with Gasteiger partial charge in [-0.1, -0.05) is 67.6 Å². The van der Waals surface area contributed by atoms with Crippen molar-refractivity contribution in [3.63, 3.8) is 0 Å². The van der Waals surface area contributed by atoms with Gasteiger partial charge in [-0.05, 0) is 24.0 Å². The highest BCUT2D eigenvalue weighted by molar-refractivity contribution is 5.81. The topological polar surface area (TPSA) is 41.6 Å². The molecule has 26 heavy (non-hydrogen) atoms. The molecule has 3 rings (SSSR count). The minimum Gasteiger partial charge on any atom is -0.371 e. The van der Waals surface area contributed by atoms with Crippen molar-refractivity contribution in [1.29, 1.82) is 0 Å². The van der Waals surface area contributed by atoms with Gasteiger partial charge in [0, 0.05) is 19.6 Å². The van der Waals surface area contributed by atoms with Crippen molar-refractivity contribution >= 4 is 5.91 Å². The van der Waals surface area contributed by atoms with Crippen LogP contribution in [0.4, 0.5) is 0 Å². The second-order valence-corrected chi connectivity index (χ2v) is 7.00. The molecule has 0 radical (unpaired) electrons. The van der Waals surface area contributed by atoms with Crippen LogP contribution in [0, 0.1) is 0 Å². The quantitative estimate of drug-likeness (QED) is 0.867. The molecule has 0 spiro atoms. The lowest BCUT2D eigenvalue weighted by Crippen LogP contribution is -2.50. The van der Waals surface area contributed by atoms with Crippen LogP contribution in [-0.4, -0.2) is 43.1 Å². The maximum absolute atomic E-state index is 12.6. The van der Waals surface area contributed by atoms with Gasteiger partial charge in [0.2, 0.25) is 5.91 Å². The zero-order valence-electron chi connectivity index (χ0n) is 15.6. The lowest BCUT2D eigenvalue weighted by Gasteiger charge is -2.36. The lowest BCUT2D eigenvalue weighted by molar-refractivity contribution is -0.129. The molecular formula is C22H28N2O2. The molecule has 0 aromatic heterocycles. The summed E-state index contributed by atoms with van der Waals surface area (Å²) in [6.07, 6.45) is 0.0310. The standard InChI is InChI=1S/C22H28N2O2/c1-17(19-9-5-3-6-10-19)15-23-22(25)18(2)24-13-14-26-21(16-24)20-11-7-4-8-12-20/h3-12,17-18,21H,13-16H2,1-2H3,(H,23,25). The van der Waals surface area contributed by atoms with E-state index in [0.29, 0.717) is 19.1 Å². The van der Waals surface area contributed by atoms with E-state index in [9.17, 15) is 4.79 Å². The predicted octanol–water partition coefficient (Wildman–Crippen LogP) is 3.37. The zero-order chi connectivity index (χ0) is 18.4. The number of amides is 1. The van der Waals surface area contributed by atoms with Gasteiger partial charge in [-0.15, -0.1) is 0 Å². The molecule has 1 fully saturated rings. The zero-order valence-corrected chi connectivity index (χ0v) is 15.6. The molecule has 1 heterocycles.